The minimum atomic E-state index is -1.30. The van der Waals surface area contributed by atoms with E-state index in [9.17, 15) is 9.59 Å². The van der Waals surface area contributed by atoms with Gasteiger partial charge in [-0.05, 0) is 6.92 Å². The average molecular weight is 244 g/mol. The maximum absolute atomic E-state index is 10.8. The topological polar surface area (TPSA) is 114 Å². The fraction of sp³-hybridized carbons (Fsp3) is 0.286. The summed E-state index contributed by atoms with van der Waals surface area (Å²) in [5.41, 5.74) is -0.406. The van der Waals surface area contributed by atoms with Gasteiger partial charge in [0.1, 0.15) is 6.61 Å². The molecule has 0 aromatic carbocycles. The van der Waals surface area contributed by atoms with Gasteiger partial charge in [-0.15, -0.1) is 0 Å². The number of nitrogens with zero attached hydrogens (tertiary/aromatic N) is 3. The van der Waals surface area contributed by atoms with Gasteiger partial charge in [-0.3, -0.25) is 4.79 Å². The summed E-state index contributed by atoms with van der Waals surface area (Å²) in [6.45, 7) is 1.90. The molecule has 16 heavy (non-hydrogen) atoms. The van der Waals surface area contributed by atoms with Crippen molar-refractivity contribution in [1.82, 2.24) is 9.36 Å². The Hall–Kier alpha value is -2.03. The first-order valence-corrected chi connectivity index (χ1v) is 4.93. The molecule has 0 fully saturated rings. The van der Waals surface area contributed by atoms with Crippen LogP contribution in [0.3, 0.4) is 0 Å². The molecule has 0 bridgehead atoms. The molecule has 0 spiro atoms. The van der Waals surface area contributed by atoms with E-state index in [-0.39, 0.29) is 17.6 Å². The molecule has 0 aliphatic heterocycles. The molecule has 0 unspecified atom stereocenters. The Morgan fingerprint density at radius 1 is 1.75 bits per heavy atom. The van der Waals surface area contributed by atoms with Crippen LogP contribution in [0.5, 0.6) is 0 Å². The van der Waals surface area contributed by atoms with E-state index in [1.165, 1.54) is 0 Å². The van der Waals surface area contributed by atoms with Crippen molar-refractivity contribution in [3.8, 4) is 0 Å². The molecule has 1 aromatic rings. The highest BCUT2D eigenvalue weighted by molar-refractivity contribution is 7.10. The van der Waals surface area contributed by atoms with E-state index >= 15 is 0 Å². The zero-order valence-corrected chi connectivity index (χ0v) is 9.02. The largest absolute Gasteiger partial charge is 0.476 e. The number of oxime groups is 1. The summed E-state index contributed by atoms with van der Waals surface area (Å²) in [4.78, 5) is 29.3. The predicted octanol–water partition coefficient (Wildman–Crippen LogP) is -0.0684. The van der Waals surface area contributed by atoms with Gasteiger partial charge in [0.05, 0.1) is 0 Å². The molecule has 0 saturated carbocycles. The lowest BCUT2D eigenvalue weighted by Gasteiger charge is -1.95. The summed E-state index contributed by atoms with van der Waals surface area (Å²) >= 11 is 0.850. The zero-order valence-electron chi connectivity index (χ0n) is 8.21. The number of aliphatic carboxylic acids is 1. The first-order valence-electron chi connectivity index (χ1n) is 4.16. The molecule has 0 atom stereocenters. The van der Waals surface area contributed by atoms with Crippen molar-refractivity contribution in [3.05, 3.63) is 5.82 Å². The minimum absolute atomic E-state index is 0.102. The zero-order chi connectivity index (χ0) is 12.0. The van der Waals surface area contributed by atoms with E-state index in [2.05, 4.69) is 24.7 Å². The van der Waals surface area contributed by atoms with Gasteiger partial charge in [-0.25, -0.2) is 4.79 Å². The molecule has 1 amide bonds. The van der Waals surface area contributed by atoms with E-state index in [0.717, 1.165) is 11.5 Å². The van der Waals surface area contributed by atoms with Crippen LogP contribution in [0.1, 0.15) is 12.7 Å². The van der Waals surface area contributed by atoms with E-state index in [1.807, 2.05) is 0 Å². The number of rotatable bonds is 6. The van der Waals surface area contributed by atoms with Gasteiger partial charge in [0.15, 0.2) is 0 Å². The van der Waals surface area contributed by atoms with Crippen molar-refractivity contribution in [2.24, 2.45) is 5.16 Å². The SMILES string of the molecule is CCON=C(C(=O)O)c1nsc(NC=O)n1. The molecule has 0 aliphatic carbocycles. The van der Waals surface area contributed by atoms with Gasteiger partial charge >= 0.3 is 5.97 Å². The number of carboxylic acid groups (broad SMARTS) is 1. The summed E-state index contributed by atoms with van der Waals surface area (Å²) < 4.78 is 3.73. The number of hydrogen-bond acceptors (Lipinski definition) is 7. The van der Waals surface area contributed by atoms with Crippen molar-refractivity contribution in [2.75, 3.05) is 11.9 Å². The molecule has 0 saturated heterocycles. The Bertz CT molecular complexity index is 416. The third kappa shape index (κ3) is 2.98. The highest BCUT2D eigenvalue weighted by Gasteiger charge is 2.19. The average Bonchev–Trinajstić information content (AvgIpc) is 2.67. The lowest BCUT2D eigenvalue weighted by molar-refractivity contribution is -0.129. The highest BCUT2D eigenvalue weighted by Crippen LogP contribution is 2.10. The number of carbonyl (C=O) groups is 2. The fourth-order valence-corrected chi connectivity index (χ4v) is 1.26. The Morgan fingerprint density at radius 3 is 3.06 bits per heavy atom. The molecule has 0 aliphatic rings. The molecule has 9 heteroatoms. The quantitative estimate of drug-likeness (QED) is 0.411. The predicted molar refractivity (Wildman–Crippen MR) is 55.4 cm³/mol. The van der Waals surface area contributed by atoms with Crippen molar-refractivity contribution in [1.29, 1.82) is 0 Å². The van der Waals surface area contributed by atoms with Crippen LogP contribution >= 0.6 is 11.5 Å². The first kappa shape index (κ1) is 12.0. The molecular weight excluding hydrogens is 236 g/mol. The summed E-state index contributed by atoms with van der Waals surface area (Å²) in [7, 11) is 0. The van der Waals surface area contributed by atoms with Crippen molar-refractivity contribution >= 4 is 34.8 Å². The molecule has 1 rings (SSSR count). The maximum atomic E-state index is 10.8. The highest BCUT2D eigenvalue weighted by atomic mass is 32.1. The van der Waals surface area contributed by atoms with Crippen molar-refractivity contribution in [3.63, 3.8) is 0 Å². The number of amides is 1. The van der Waals surface area contributed by atoms with E-state index in [4.69, 9.17) is 5.11 Å². The van der Waals surface area contributed by atoms with Crippen LogP contribution in [-0.4, -0.2) is 39.2 Å². The molecule has 8 nitrogen and oxygen atoms in total. The molecule has 1 aromatic heterocycles. The summed E-state index contributed by atoms with van der Waals surface area (Å²) in [6, 6.07) is 0. The Kier molecular flexibility index (Phi) is 4.33. The number of carbonyl (C=O) groups excluding carboxylic acids is 1. The number of carboxylic acids is 1. The number of anilines is 1. The fourth-order valence-electron chi connectivity index (χ4n) is 0.733. The Labute approximate surface area is 94.1 Å². The van der Waals surface area contributed by atoms with E-state index in [1.54, 1.807) is 6.92 Å². The second kappa shape index (κ2) is 5.75. The molecule has 0 radical (unpaired) electrons. The van der Waals surface area contributed by atoms with E-state index < -0.39 is 11.7 Å². The molecular formula is C7H8N4O4S. The van der Waals surface area contributed by atoms with Crippen LogP contribution in [0.2, 0.25) is 0 Å². The van der Waals surface area contributed by atoms with Gasteiger partial charge < -0.3 is 15.3 Å². The standard InChI is InChI=1S/C7H8N4O4S/c1-2-15-10-4(6(13)14)5-9-7(8-3-12)16-11-5/h3H,2H2,1H3,(H,13,14)(H,8,9,11,12). The minimum Gasteiger partial charge on any atom is -0.476 e. The van der Waals surface area contributed by atoms with Crippen LogP contribution < -0.4 is 5.32 Å². The third-order valence-electron chi connectivity index (χ3n) is 1.31. The van der Waals surface area contributed by atoms with Crippen LogP contribution in [-0.2, 0) is 14.4 Å². The van der Waals surface area contributed by atoms with E-state index in [0.29, 0.717) is 6.41 Å². The van der Waals surface area contributed by atoms with Gasteiger partial charge in [0, 0.05) is 11.5 Å². The smallest absolute Gasteiger partial charge is 0.362 e. The van der Waals surface area contributed by atoms with Gasteiger partial charge in [-0.2, -0.15) is 9.36 Å². The van der Waals surface area contributed by atoms with Gasteiger partial charge in [0.25, 0.3) is 0 Å². The van der Waals surface area contributed by atoms with Crippen molar-refractivity contribution in [2.45, 2.75) is 6.92 Å². The summed E-state index contributed by atoms with van der Waals surface area (Å²) in [5, 5.41) is 14.6. The number of nitrogens with one attached hydrogen (secondary N) is 1. The first-order chi connectivity index (χ1) is 7.69. The summed E-state index contributed by atoms with van der Waals surface area (Å²) in [6.07, 6.45) is 0.421. The monoisotopic (exact) mass is 244 g/mol. The second-order valence-corrected chi connectivity index (χ2v) is 3.10. The molecule has 86 valence electrons. The number of aromatic nitrogens is 2. The van der Waals surface area contributed by atoms with Gasteiger partial charge in [0.2, 0.25) is 23.1 Å². The molecule has 1 heterocycles. The van der Waals surface area contributed by atoms with Gasteiger partial charge in [-0.1, -0.05) is 5.16 Å². The number of hydrogen-bond donors (Lipinski definition) is 2. The van der Waals surface area contributed by atoms with Crippen LogP contribution in [0.25, 0.3) is 0 Å². The maximum Gasteiger partial charge on any atom is 0.362 e. The molecule has 2 N–H and O–H groups in total. The lowest BCUT2D eigenvalue weighted by atomic mass is 10.4. The third-order valence-corrected chi connectivity index (χ3v) is 1.95. The normalized spacial score (nSPS) is 10.9. The Morgan fingerprint density at radius 2 is 2.50 bits per heavy atom. The summed E-state index contributed by atoms with van der Waals surface area (Å²) in [5.74, 6) is -1.40. The second-order valence-electron chi connectivity index (χ2n) is 2.35. The van der Waals surface area contributed by atoms with Crippen LogP contribution in [0, 0.1) is 0 Å². The lowest BCUT2D eigenvalue weighted by Crippen LogP contribution is -2.16. The van der Waals surface area contributed by atoms with Crippen LogP contribution in [0.4, 0.5) is 5.13 Å². The van der Waals surface area contributed by atoms with Crippen molar-refractivity contribution < 1.29 is 19.5 Å². The Balaban J connectivity index is 2.92. The van der Waals surface area contributed by atoms with Crippen LogP contribution in [0.15, 0.2) is 5.16 Å².